The van der Waals surface area contributed by atoms with Crippen LogP contribution in [0.2, 0.25) is 0 Å². The molecular formula is C52H74N2O6S2. The molecule has 0 spiro atoms. The Kier molecular flexibility index (Phi) is 11.7. The molecule has 2 N–H and O–H groups in total. The van der Waals surface area contributed by atoms with Gasteiger partial charge in [-0.25, -0.2) is 9.59 Å². The highest BCUT2D eigenvalue weighted by atomic mass is 32.2. The largest absolute Gasteiger partial charge is 0.459 e. The number of ether oxygens (including phenoxy) is 2. The zero-order chi connectivity index (χ0) is 43.3. The second-order valence-corrected chi connectivity index (χ2v) is 26.2. The van der Waals surface area contributed by atoms with Crippen molar-refractivity contribution in [3.05, 3.63) is 36.5 Å². The first-order valence-corrected chi connectivity index (χ1v) is 26.7. The Labute approximate surface area is 379 Å². The van der Waals surface area contributed by atoms with Crippen LogP contribution in [0.15, 0.2) is 36.5 Å². The Morgan fingerprint density at radius 2 is 1.02 bits per heavy atom. The number of ketones is 2. The minimum Gasteiger partial charge on any atom is -0.459 e. The van der Waals surface area contributed by atoms with Gasteiger partial charge in [0.05, 0.1) is 0 Å². The normalized spacial score (nSPS) is 49.7. The molecule has 62 heavy (non-hydrogen) atoms. The molecule has 0 radical (unpaired) electrons. The SMILES string of the molecule is C=C1C[C@@H]2[C@@H](CC[C@]3(C)C(=O)CC[C@@H]23)[C@@]2(C)C(OC(=O)/C=C/C(=O)OC3CC(S[C@@H]4CCNC4)CC4C(=C)C[C@@H]5[C@@H](CC[C@]6(C)C(=O)CC[C@@H]56)[C@@]34C)CC(S[C@@H]3CCNC3)CC12. The molecule has 10 aliphatic rings. The summed E-state index contributed by atoms with van der Waals surface area (Å²) < 4.78 is 13.4. The molecule has 18 atom stereocenters. The zero-order valence-electron chi connectivity index (χ0n) is 38.1. The minimum atomic E-state index is -0.469. The van der Waals surface area contributed by atoms with Crippen LogP contribution in [0.3, 0.4) is 0 Å². The average molecular weight is 887 g/mol. The summed E-state index contributed by atoms with van der Waals surface area (Å²) in [6.45, 7) is 22.9. The second kappa shape index (κ2) is 16.5. The zero-order valence-corrected chi connectivity index (χ0v) is 39.7. The van der Waals surface area contributed by atoms with Crippen LogP contribution in [0.1, 0.15) is 130 Å². The van der Waals surface area contributed by atoms with Crippen molar-refractivity contribution < 1.29 is 28.7 Å². The van der Waals surface area contributed by atoms with Crippen LogP contribution in [-0.2, 0) is 28.7 Å². The lowest BCUT2D eigenvalue weighted by Crippen LogP contribution is -2.60. The van der Waals surface area contributed by atoms with E-state index in [-0.39, 0.29) is 45.7 Å². The molecule has 6 unspecified atom stereocenters. The van der Waals surface area contributed by atoms with E-state index in [1.165, 1.54) is 23.3 Å². The number of esters is 2. The number of carbonyl (C=O) groups is 4. The first-order chi connectivity index (χ1) is 29.6. The van der Waals surface area contributed by atoms with E-state index >= 15 is 0 Å². The minimum absolute atomic E-state index is 0.247. The monoisotopic (exact) mass is 886 g/mol. The van der Waals surface area contributed by atoms with Gasteiger partial charge in [0.2, 0.25) is 0 Å². The third-order valence-corrected chi connectivity index (χ3v) is 23.5. The van der Waals surface area contributed by atoms with Crippen molar-refractivity contribution in [2.24, 2.45) is 69.0 Å². The molecule has 2 saturated heterocycles. The summed E-state index contributed by atoms with van der Waals surface area (Å²) in [5.41, 5.74) is 1.50. The van der Waals surface area contributed by atoms with E-state index in [1.807, 2.05) is 0 Å². The van der Waals surface area contributed by atoms with Gasteiger partial charge >= 0.3 is 11.9 Å². The smallest absolute Gasteiger partial charge is 0.331 e. The topological polar surface area (TPSA) is 111 Å². The number of hydrogen-bond acceptors (Lipinski definition) is 10. The summed E-state index contributed by atoms with van der Waals surface area (Å²) in [5.74, 6) is 2.59. The molecule has 2 aliphatic heterocycles. The fraction of sp³-hybridized carbons (Fsp3) is 0.808. The number of allylic oxidation sites excluding steroid dienone is 2. The quantitative estimate of drug-likeness (QED) is 0.139. The summed E-state index contributed by atoms with van der Waals surface area (Å²) in [6, 6.07) is 0. The predicted molar refractivity (Wildman–Crippen MR) is 247 cm³/mol. The fourth-order valence-electron chi connectivity index (χ4n) is 17.1. The van der Waals surface area contributed by atoms with Crippen LogP contribution in [0.4, 0.5) is 0 Å². The lowest BCUT2D eigenvalue weighted by molar-refractivity contribution is -0.178. The van der Waals surface area contributed by atoms with Gasteiger partial charge in [-0.15, -0.1) is 0 Å². The van der Waals surface area contributed by atoms with Gasteiger partial charge in [0.15, 0.2) is 0 Å². The summed E-state index contributed by atoms with van der Waals surface area (Å²) >= 11 is 4.14. The molecule has 8 nitrogen and oxygen atoms in total. The fourth-order valence-corrected chi connectivity index (χ4v) is 20.3. The van der Waals surface area contributed by atoms with Crippen LogP contribution in [0, 0.1) is 69.0 Å². The number of rotatable bonds is 8. The molecule has 8 saturated carbocycles. The molecule has 0 bridgehead atoms. The van der Waals surface area contributed by atoms with Gasteiger partial charge in [0.25, 0.3) is 0 Å². The van der Waals surface area contributed by atoms with Crippen molar-refractivity contribution in [2.75, 3.05) is 26.2 Å². The van der Waals surface area contributed by atoms with Crippen molar-refractivity contribution in [1.29, 1.82) is 0 Å². The van der Waals surface area contributed by atoms with E-state index in [0.717, 1.165) is 116 Å². The van der Waals surface area contributed by atoms with Crippen LogP contribution in [-0.4, -0.2) is 82.9 Å². The maximum absolute atomic E-state index is 14.2. The first kappa shape index (κ1) is 44.0. The van der Waals surface area contributed by atoms with Crippen molar-refractivity contribution >= 4 is 47.0 Å². The molecule has 340 valence electrons. The summed E-state index contributed by atoms with van der Waals surface area (Å²) in [7, 11) is 0. The Bertz CT molecular complexity index is 1760. The molecule has 10 fully saturated rings. The molecule has 10 heteroatoms. The van der Waals surface area contributed by atoms with Crippen LogP contribution in [0.25, 0.3) is 0 Å². The maximum atomic E-state index is 14.2. The predicted octanol–water partition coefficient (Wildman–Crippen LogP) is 9.07. The molecule has 2 heterocycles. The first-order valence-electron chi connectivity index (χ1n) is 24.9. The van der Waals surface area contributed by atoms with E-state index in [9.17, 15) is 19.2 Å². The number of carbonyl (C=O) groups excluding carboxylic acids is 4. The average Bonchev–Trinajstić information content (AvgIpc) is 4.05. The molecule has 0 aromatic heterocycles. The summed E-state index contributed by atoms with van der Waals surface area (Å²) in [6.07, 6.45) is 17.1. The van der Waals surface area contributed by atoms with Crippen LogP contribution in [0.5, 0.6) is 0 Å². The van der Waals surface area contributed by atoms with Crippen molar-refractivity contribution in [2.45, 2.75) is 164 Å². The van der Waals surface area contributed by atoms with Gasteiger partial charge in [0, 0.05) is 80.7 Å². The maximum Gasteiger partial charge on any atom is 0.331 e. The number of fused-ring (bicyclic) bond motifs is 10. The molecular weight excluding hydrogens is 813 g/mol. The molecule has 0 aromatic carbocycles. The van der Waals surface area contributed by atoms with Gasteiger partial charge in [-0.3, -0.25) is 9.59 Å². The number of nitrogens with one attached hydrogen (secondary N) is 2. The van der Waals surface area contributed by atoms with Gasteiger partial charge in [-0.05, 0) is 150 Å². The van der Waals surface area contributed by atoms with Crippen molar-refractivity contribution in [3.8, 4) is 0 Å². The Balaban J connectivity index is 0.888. The third-order valence-electron chi connectivity index (χ3n) is 20.4. The molecule has 0 aromatic rings. The Morgan fingerprint density at radius 1 is 0.597 bits per heavy atom. The summed E-state index contributed by atoms with van der Waals surface area (Å²) in [4.78, 5) is 54.9. The summed E-state index contributed by atoms with van der Waals surface area (Å²) in [5, 5.41) is 8.92. The van der Waals surface area contributed by atoms with E-state index in [1.54, 1.807) is 0 Å². The molecule has 8 aliphatic carbocycles. The van der Waals surface area contributed by atoms with Gasteiger partial charge < -0.3 is 20.1 Å². The number of thioether (sulfide) groups is 2. The van der Waals surface area contributed by atoms with E-state index < -0.39 is 11.9 Å². The third kappa shape index (κ3) is 7.13. The molecule has 10 rings (SSSR count). The lowest BCUT2D eigenvalue weighted by Gasteiger charge is -2.62. The van der Waals surface area contributed by atoms with E-state index in [2.05, 4.69) is 61.9 Å². The molecule has 0 amide bonds. The number of hydrogen-bond donors (Lipinski definition) is 2. The Morgan fingerprint density at radius 3 is 1.40 bits per heavy atom. The highest BCUT2D eigenvalue weighted by Crippen LogP contribution is 2.69. The van der Waals surface area contributed by atoms with Gasteiger partial charge in [-0.1, -0.05) is 52.0 Å². The second-order valence-electron chi connectivity index (χ2n) is 23.0. The standard InChI is InChI=1S/C52H74N2O6S2/c1-29-21-35-37-7-9-43(55)49(37,3)17-13-39(35)51(5)41(29)23-33(61-31-15-19-53-27-31)25-45(51)59-47(57)11-12-48(58)60-46-26-34(62-32-16-20-54-28-32)24-42-30(2)22-36-38-8-10-44(56)50(38,4)18-14-40(36)52(42,46)6/h11-12,31-42,45-46,53-54H,1-2,7-10,13-28H2,3-6H3/b12-11+/t31-,32-,33?,34?,35+,36+,37+,38+,39-,40-,41?,42?,45?,46?,49+,50+,51-,52-/m1/s1. The van der Waals surface area contributed by atoms with Crippen molar-refractivity contribution in [3.63, 3.8) is 0 Å². The highest BCUT2D eigenvalue weighted by Gasteiger charge is 2.66. The van der Waals surface area contributed by atoms with Crippen molar-refractivity contribution in [1.82, 2.24) is 10.6 Å². The van der Waals surface area contributed by atoms with E-state index in [4.69, 9.17) is 22.6 Å². The van der Waals surface area contributed by atoms with Gasteiger partial charge in [0.1, 0.15) is 23.8 Å². The lowest BCUT2D eigenvalue weighted by atomic mass is 9.43. The number of Topliss-reactive ketones (excluding diaryl/α,β-unsaturated/α-hetero) is 2. The highest BCUT2D eigenvalue weighted by molar-refractivity contribution is 8.00. The Hall–Kier alpha value is -1.88. The van der Waals surface area contributed by atoms with Gasteiger partial charge in [-0.2, -0.15) is 23.5 Å². The van der Waals surface area contributed by atoms with Crippen LogP contribution < -0.4 is 10.6 Å². The van der Waals surface area contributed by atoms with Crippen LogP contribution >= 0.6 is 23.5 Å². The van der Waals surface area contributed by atoms with E-state index in [0.29, 0.717) is 80.9 Å².